The average Bonchev–Trinajstić information content (AvgIpc) is 2.68. The maximum absolute atomic E-state index is 13.0. The monoisotopic (exact) mass is 457 g/mol. The van der Waals surface area contributed by atoms with Crippen LogP contribution in [-0.4, -0.2) is 39.4 Å². The van der Waals surface area contributed by atoms with E-state index in [-0.39, 0.29) is 11.3 Å². The van der Waals surface area contributed by atoms with Crippen molar-refractivity contribution in [2.24, 2.45) is 5.10 Å². The van der Waals surface area contributed by atoms with Crippen LogP contribution in [0.1, 0.15) is 25.0 Å². The van der Waals surface area contributed by atoms with Crippen molar-refractivity contribution in [3.8, 4) is 5.75 Å². The second-order valence-corrected chi connectivity index (χ2v) is 8.34. The minimum Gasteiger partial charge on any atom is -0.494 e. The van der Waals surface area contributed by atoms with E-state index in [1.54, 1.807) is 19.1 Å². The van der Waals surface area contributed by atoms with Crippen molar-refractivity contribution >= 4 is 27.8 Å². The number of anilines is 1. The predicted octanol–water partition coefficient (Wildman–Crippen LogP) is 3.41. The normalized spacial score (nSPS) is 13.1. The van der Waals surface area contributed by atoms with Crippen LogP contribution < -0.4 is 14.5 Å². The first-order valence-corrected chi connectivity index (χ1v) is 11.0. The lowest BCUT2D eigenvalue weighted by Crippen LogP contribution is -2.46. The molecule has 1 amide bonds. The number of hydrazone groups is 1. The third-order valence-corrected chi connectivity index (χ3v) is 5.38. The molecular formula is C20H22F3N3O4S. The van der Waals surface area contributed by atoms with Crippen LogP contribution in [0.25, 0.3) is 0 Å². The highest BCUT2D eigenvalue weighted by molar-refractivity contribution is 7.92. The molecule has 2 rings (SSSR count). The van der Waals surface area contributed by atoms with E-state index < -0.39 is 33.7 Å². The Hall–Kier alpha value is -3.08. The van der Waals surface area contributed by atoms with Crippen molar-refractivity contribution in [2.45, 2.75) is 26.1 Å². The van der Waals surface area contributed by atoms with Gasteiger partial charge in [-0.25, -0.2) is 13.8 Å². The molecule has 0 aliphatic heterocycles. The summed E-state index contributed by atoms with van der Waals surface area (Å²) in [5.41, 5.74) is 1.17. The first kappa shape index (κ1) is 24.2. The molecule has 0 heterocycles. The Kier molecular flexibility index (Phi) is 7.66. The number of carbonyl (C=O) groups is 1. The number of amides is 1. The summed E-state index contributed by atoms with van der Waals surface area (Å²) in [6.45, 7) is 3.58. The Balaban J connectivity index is 2.20. The van der Waals surface area contributed by atoms with E-state index in [2.05, 4.69) is 10.5 Å². The van der Waals surface area contributed by atoms with Gasteiger partial charge in [-0.1, -0.05) is 18.2 Å². The van der Waals surface area contributed by atoms with Crippen LogP contribution in [0, 0.1) is 0 Å². The van der Waals surface area contributed by atoms with Gasteiger partial charge in [0.15, 0.2) is 0 Å². The van der Waals surface area contributed by atoms with Gasteiger partial charge in [0.25, 0.3) is 5.91 Å². The number of nitrogens with one attached hydrogen (secondary N) is 1. The van der Waals surface area contributed by atoms with Crippen LogP contribution in [-0.2, 0) is 21.0 Å². The molecule has 1 unspecified atom stereocenters. The molecule has 0 aliphatic carbocycles. The number of halogens is 3. The van der Waals surface area contributed by atoms with Gasteiger partial charge < -0.3 is 4.74 Å². The lowest BCUT2D eigenvalue weighted by molar-refractivity contribution is -0.137. The summed E-state index contributed by atoms with van der Waals surface area (Å²) >= 11 is 0. The fraction of sp³-hybridized carbons (Fsp3) is 0.300. The van der Waals surface area contributed by atoms with E-state index in [0.29, 0.717) is 12.4 Å². The summed E-state index contributed by atoms with van der Waals surface area (Å²) < 4.78 is 69.9. The third kappa shape index (κ3) is 6.45. The van der Waals surface area contributed by atoms with Crippen molar-refractivity contribution in [3.05, 3.63) is 59.7 Å². The molecule has 2 aromatic rings. The molecule has 1 N–H and O–H groups in total. The van der Waals surface area contributed by atoms with Gasteiger partial charge in [0.2, 0.25) is 10.0 Å². The van der Waals surface area contributed by atoms with Crippen LogP contribution in [0.3, 0.4) is 0 Å². The summed E-state index contributed by atoms with van der Waals surface area (Å²) in [6.07, 6.45) is -2.79. The molecule has 2 aromatic carbocycles. The number of ether oxygens (including phenoxy) is 1. The second kappa shape index (κ2) is 9.82. The highest BCUT2D eigenvalue weighted by atomic mass is 32.2. The first-order chi connectivity index (χ1) is 14.4. The fourth-order valence-electron chi connectivity index (χ4n) is 2.79. The summed E-state index contributed by atoms with van der Waals surface area (Å²) in [5.74, 6) is -0.287. The van der Waals surface area contributed by atoms with Gasteiger partial charge in [-0.3, -0.25) is 9.10 Å². The van der Waals surface area contributed by atoms with E-state index in [9.17, 15) is 26.4 Å². The van der Waals surface area contributed by atoms with Gasteiger partial charge in [0, 0.05) is 5.56 Å². The lowest BCUT2D eigenvalue weighted by Gasteiger charge is -2.27. The molecule has 0 aliphatic rings. The van der Waals surface area contributed by atoms with Gasteiger partial charge in [0.05, 0.1) is 30.3 Å². The van der Waals surface area contributed by atoms with Crippen LogP contribution in [0.15, 0.2) is 53.6 Å². The summed E-state index contributed by atoms with van der Waals surface area (Å²) in [4.78, 5) is 12.5. The van der Waals surface area contributed by atoms with Gasteiger partial charge in [-0.2, -0.15) is 18.3 Å². The van der Waals surface area contributed by atoms with E-state index in [0.717, 1.165) is 22.8 Å². The number of sulfonamides is 1. The van der Waals surface area contributed by atoms with E-state index >= 15 is 0 Å². The Morgan fingerprint density at radius 3 is 2.35 bits per heavy atom. The van der Waals surface area contributed by atoms with Crippen LogP contribution >= 0.6 is 0 Å². The molecule has 31 heavy (non-hydrogen) atoms. The summed E-state index contributed by atoms with van der Waals surface area (Å²) in [5, 5.41) is 3.57. The van der Waals surface area contributed by atoms with Gasteiger partial charge in [0.1, 0.15) is 11.8 Å². The van der Waals surface area contributed by atoms with Crippen LogP contribution in [0.4, 0.5) is 18.9 Å². The van der Waals surface area contributed by atoms with Crippen molar-refractivity contribution < 1.29 is 31.1 Å². The maximum atomic E-state index is 13.0. The molecule has 0 aromatic heterocycles. The molecule has 0 saturated carbocycles. The Labute approximate surface area is 178 Å². The predicted molar refractivity (Wildman–Crippen MR) is 112 cm³/mol. The summed E-state index contributed by atoms with van der Waals surface area (Å²) in [6, 6.07) is 9.61. The molecule has 168 valence electrons. The summed E-state index contributed by atoms with van der Waals surface area (Å²) in [7, 11) is -3.86. The number of carbonyl (C=O) groups excluding carboxylic acids is 1. The molecule has 1 atom stereocenters. The van der Waals surface area contributed by atoms with Gasteiger partial charge in [-0.05, 0) is 44.2 Å². The zero-order valence-electron chi connectivity index (χ0n) is 17.1. The Morgan fingerprint density at radius 2 is 1.81 bits per heavy atom. The molecule has 0 radical (unpaired) electrons. The fourth-order valence-corrected chi connectivity index (χ4v) is 3.97. The number of alkyl halides is 3. The smallest absolute Gasteiger partial charge is 0.417 e. The van der Waals surface area contributed by atoms with Crippen molar-refractivity contribution in [1.29, 1.82) is 0 Å². The third-order valence-electron chi connectivity index (χ3n) is 4.14. The topological polar surface area (TPSA) is 88.1 Å². The molecule has 7 nitrogen and oxygen atoms in total. The molecule has 0 spiro atoms. The standard InChI is InChI=1S/C20H22F3N3O4S/c1-4-30-17-11-9-16(10-12-17)26(31(3,28)29)14(2)19(27)25-24-13-15-7-5-6-8-18(15)20(21,22)23/h5-14H,4H2,1-3H3,(H,25,27)/b24-13+. The van der Waals surface area contributed by atoms with E-state index in [4.69, 9.17) is 4.74 Å². The quantitative estimate of drug-likeness (QED) is 0.486. The highest BCUT2D eigenvalue weighted by Gasteiger charge is 2.32. The number of hydrogen-bond donors (Lipinski definition) is 1. The molecular weight excluding hydrogens is 435 g/mol. The van der Waals surface area contributed by atoms with Gasteiger partial charge >= 0.3 is 6.18 Å². The van der Waals surface area contributed by atoms with E-state index in [1.165, 1.54) is 37.3 Å². The second-order valence-electron chi connectivity index (χ2n) is 6.48. The van der Waals surface area contributed by atoms with Gasteiger partial charge in [-0.15, -0.1) is 0 Å². The molecule has 0 saturated heterocycles. The Morgan fingerprint density at radius 1 is 1.19 bits per heavy atom. The SMILES string of the molecule is CCOc1ccc(N(C(C)C(=O)N/N=C/c2ccccc2C(F)(F)F)S(C)(=O)=O)cc1. The number of hydrogen-bond acceptors (Lipinski definition) is 5. The number of benzene rings is 2. The largest absolute Gasteiger partial charge is 0.494 e. The molecule has 0 fully saturated rings. The van der Waals surface area contributed by atoms with Crippen molar-refractivity contribution in [2.75, 3.05) is 17.2 Å². The molecule has 0 bridgehead atoms. The average molecular weight is 457 g/mol. The maximum Gasteiger partial charge on any atom is 0.417 e. The number of rotatable bonds is 8. The van der Waals surface area contributed by atoms with Crippen LogP contribution in [0.5, 0.6) is 5.75 Å². The number of nitrogens with zero attached hydrogens (tertiary/aromatic N) is 2. The van der Waals surface area contributed by atoms with Crippen molar-refractivity contribution in [3.63, 3.8) is 0 Å². The Bertz CT molecular complexity index is 1040. The minimum absolute atomic E-state index is 0.222. The first-order valence-electron chi connectivity index (χ1n) is 9.16. The van der Waals surface area contributed by atoms with E-state index in [1.807, 2.05) is 0 Å². The van der Waals surface area contributed by atoms with Crippen LogP contribution in [0.2, 0.25) is 0 Å². The lowest BCUT2D eigenvalue weighted by atomic mass is 10.1. The zero-order valence-corrected chi connectivity index (χ0v) is 17.9. The zero-order chi connectivity index (χ0) is 23.2. The van der Waals surface area contributed by atoms with Crippen molar-refractivity contribution in [1.82, 2.24) is 5.43 Å². The minimum atomic E-state index is -4.58. The highest BCUT2D eigenvalue weighted by Crippen LogP contribution is 2.31. The molecule has 11 heteroatoms.